The second-order valence-corrected chi connectivity index (χ2v) is 8.18. The quantitative estimate of drug-likeness (QED) is 0.817. The van der Waals surface area contributed by atoms with Crippen molar-refractivity contribution >= 4 is 11.7 Å². The number of benzene rings is 1. The van der Waals surface area contributed by atoms with Crippen LogP contribution in [0.5, 0.6) is 0 Å². The molecule has 2 aromatic rings. The molecule has 1 aromatic carbocycles. The highest BCUT2D eigenvalue weighted by Gasteiger charge is 2.29. The third kappa shape index (κ3) is 4.45. The number of ether oxygens (including phenoxy) is 1. The number of carbonyl (C=O) groups is 2. The molecule has 0 unspecified atom stereocenters. The first-order chi connectivity index (χ1) is 14.1. The van der Waals surface area contributed by atoms with Gasteiger partial charge in [0.05, 0.1) is 6.42 Å². The molecule has 2 aliphatic rings. The van der Waals surface area contributed by atoms with Gasteiger partial charge < -0.3 is 14.6 Å². The molecule has 29 heavy (non-hydrogen) atoms. The van der Waals surface area contributed by atoms with Gasteiger partial charge in [-0.3, -0.25) is 9.59 Å². The lowest BCUT2D eigenvalue weighted by molar-refractivity contribution is -0.121. The van der Waals surface area contributed by atoms with Crippen LogP contribution >= 0.6 is 0 Å². The summed E-state index contributed by atoms with van der Waals surface area (Å²) in [6.45, 7) is 4.31. The summed E-state index contributed by atoms with van der Waals surface area (Å²) in [7, 11) is 0. The average Bonchev–Trinajstić information content (AvgIpc) is 3.00. The Morgan fingerprint density at radius 2 is 1.93 bits per heavy atom. The standard InChI is InChI=1S/C24H30N2O3/c1-17-20(16-23(28)25-19-11-14-29-15-12-19)24-21(8-5-9-22(24)27)26(17)13-10-18-6-3-2-4-7-18/h2-4,6-7,19H,5,8-16H2,1H3,(H,25,28). The van der Waals surface area contributed by atoms with Gasteiger partial charge in [-0.05, 0) is 50.2 Å². The number of nitrogens with zero attached hydrogens (tertiary/aromatic N) is 1. The normalized spacial score (nSPS) is 17.2. The third-order valence-corrected chi connectivity index (χ3v) is 6.24. The van der Waals surface area contributed by atoms with Gasteiger partial charge in [0, 0.05) is 49.2 Å². The first kappa shape index (κ1) is 19.9. The number of Topliss-reactive ketones (excluding diaryl/α,β-unsaturated/α-hetero) is 1. The smallest absolute Gasteiger partial charge is 0.224 e. The number of aromatic nitrogens is 1. The number of hydrogen-bond donors (Lipinski definition) is 1. The summed E-state index contributed by atoms with van der Waals surface area (Å²) in [5.74, 6) is 0.211. The third-order valence-electron chi connectivity index (χ3n) is 6.24. The van der Waals surface area contributed by atoms with E-state index in [-0.39, 0.29) is 24.2 Å². The van der Waals surface area contributed by atoms with E-state index in [4.69, 9.17) is 4.74 Å². The zero-order chi connectivity index (χ0) is 20.2. The molecule has 0 radical (unpaired) electrons. The lowest BCUT2D eigenvalue weighted by atomic mass is 9.92. The Morgan fingerprint density at radius 3 is 2.69 bits per heavy atom. The van der Waals surface area contributed by atoms with E-state index < -0.39 is 0 Å². The summed E-state index contributed by atoms with van der Waals surface area (Å²) in [6, 6.07) is 10.6. The Morgan fingerprint density at radius 1 is 1.17 bits per heavy atom. The minimum atomic E-state index is 0.0152. The topological polar surface area (TPSA) is 60.3 Å². The van der Waals surface area contributed by atoms with Gasteiger partial charge in [-0.15, -0.1) is 0 Å². The van der Waals surface area contributed by atoms with Crippen LogP contribution in [0.2, 0.25) is 0 Å². The van der Waals surface area contributed by atoms with Gasteiger partial charge >= 0.3 is 0 Å². The Kier molecular flexibility index (Phi) is 6.14. The van der Waals surface area contributed by atoms with E-state index in [1.54, 1.807) is 0 Å². The SMILES string of the molecule is Cc1c(CC(=O)NC2CCOCC2)c2c(n1CCc1ccccc1)CCCC2=O. The van der Waals surface area contributed by atoms with E-state index in [9.17, 15) is 9.59 Å². The van der Waals surface area contributed by atoms with Crippen LogP contribution < -0.4 is 5.32 Å². The number of carbonyl (C=O) groups excluding carboxylic acids is 2. The number of aryl methyl sites for hydroxylation is 1. The Balaban J connectivity index is 1.55. The molecule has 0 spiro atoms. The molecule has 0 atom stereocenters. The van der Waals surface area contributed by atoms with Crippen molar-refractivity contribution in [2.45, 2.75) is 64.5 Å². The first-order valence-corrected chi connectivity index (χ1v) is 10.8. The average molecular weight is 395 g/mol. The minimum absolute atomic E-state index is 0.0152. The minimum Gasteiger partial charge on any atom is -0.381 e. The van der Waals surface area contributed by atoms with E-state index in [1.807, 2.05) is 6.07 Å². The van der Waals surface area contributed by atoms with Gasteiger partial charge in [-0.1, -0.05) is 30.3 Å². The molecule has 1 aromatic heterocycles. The van der Waals surface area contributed by atoms with Crippen LogP contribution in [0.1, 0.15) is 58.6 Å². The van der Waals surface area contributed by atoms with Crippen LogP contribution in [0.3, 0.4) is 0 Å². The molecular formula is C24H30N2O3. The molecule has 154 valence electrons. The van der Waals surface area contributed by atoms with Crippen LogP contribution in [0.4, 0.5) is 0 Å². The number of nitrogens with one attached hydrogen (secondary N) is 1. The largest absolute Gasteiger partial charge is 0.381 e. The lowest BCUT2D eigenvalue weighted by Gasteiger charge is -2.23. The summed E-state index contributed by atoms with van der Waals surface area (Å²) >= 11 is 0. The molecule has 1 amide bonds. The molecule has 5 nitrogen and oxygen atoms in total. The molecule has 4 rings (SSSR count). The predicted octanol–water partition coefficient (Wildman–Crippen LogP) is 3.40. The highest BCUT2D eigenvalue weighted by molar-refractivity contribution is 6.01. The molecular weight excluding hydrogens is 364 g/mol. The zero-order valence-electron chi connectivity index (χ0n) is 17.2. The molecule has 0 bridgehead atoms. The lowest BCUT2D eigenvalue weighted by Crippen LogP contribution is -2.39. The zero-order valence-corrected chi connectivity index (χ0v) is 17.2. The Hall–Kier alpha value is -2.40. The van der Waals surface area contributed by atoms with Crippen LogP contribution in [0.15, 0.2) is 30.3 Å². The molecule has 5 heteroatoms. The van der Waals surface area contributed by atoms with Gasteiger partial charge in [-0.2, -0.15) is 0 Å². The van der Waals surface area contributed by atoms with Crippen LogP contribution in [-0.4, -0.2) is 35.5 Å². The van der Waals surface area contributed by atoms with E-state index >= 15 is 0 Å². The number of fused-ring (bicyclic) bond motifs is 1. The van der Waals surface area contributed by atoms with Crippen molar-refractivity contribution in [3.05, 3.63) is 58.4 Å². The summed E-state index contributed by atoms with van der Waals surface area (Å²) in [5, 5.41) is 3.14. The number of rotatable bonds is 6. The maximum Gasteiger partial charge on any atom is 0.224 e. The summed E-state index contributed by atoms with van der Waals surface area (Å²) in [6.07, 6.45) is 5.33. The van der Waals surface area contributed by atoms with Crippen molar-refractivity contribution in [1.29, 1.82) is 0 Å². The number of ketones is 1. The fraction of sp³-hybridized carbons (Fsp3) is 0.500. The van der Waals surface area contributed by atoms with Gasteiger partial charge in [0.15, 0.2) is 5.78 Å². The van der Waals surface area contributed by atoms with E-state index in [0.717, 1.165) is 61.2 Å². The molecule has 1 saturated heterocycles. The van der Waals surface area contributed by atoms with Crippen LogP contribution in [-0.2, 0) is 35.3 Å². The molecule has 1 aliphatic heterocycles. The maximum absolute atomic E-state index is 12.8. The van der Waals surface area contributed by atoms with Gasteiger partial charge in [-0.25, -0.2) is 0 Å². The summed E-state index contributed by atoms with van der Waals surface area (Å²) < 4.78 is 7.66. The molecule has 0 saturated carbocycles. The molecule has 1 fully saturated rings. The molecule has 1 aliphatic carbocycles. The predicted molar refractivity (Wildman–Crippen MR) is 112 cm³/mol. The molecule has 1 N–H and O–H groups in total. The van der Waals surface area contributed by atoms with Crippen LogP contribution in [0, 0.1) is 6.92 Å². The van der Waals surface area contributed by atoms with E-state index in [1.165, 1.54) is 5.56 Å². The van der Waals surface area contributed by atoms with Crippen molar-refractivity contribution in [2.75, 3.05) is 13.2 Å². The van der Waals surface area contributed by atoms with E-state index in [0.29, 0.717) is 19.6 Å². The maximum atomic E-state index is 12.8. The second-order valence-electron chi connectivity index (χ2n) is 8.18. The van der Waals surface area contributed by atoms with Gasteiger partial charge in [0.2, 0.25) is 5.91 Å². The fourth-order valence-corrected chi connectivity index (χ4v) is 4.67. The van der Waals surface area contributed by atoms with Crippen molar-refractivity contribution < 1.29 is 14.3 Å². The number of amides is 1. The molecule has 2 heterocycles. The van der Waals surface area contributed by atoms with Gasteiger partial charge in [0.1, 0.15) is 0 Å². The van der Waals surface area contributed by atoms with E-state index in [2.05, 4.69) is 41.1 Å². The van der Waals surface area contributed by atoms with Crippen molar-refractivity contribution in [3.63, 3.8) is 0 Å². The number of hydrogen-bond acceptors (Lipinski definition) is 3. The highest BCUT2D eigenvalue weighted by atomic mass is 16.5. The second kappa shape index (κ2) is 8.95. The van der Waals surface area contributed by atoms with Crippen molar-refractivity contribution in [1.82, 2.24) is 9.88 Å². The highest BCUT2D eigenvalue weighted by Crippen LogP contribution is 2.31. The van der Waals surface area contributed by atoms with Crippen LogP contribution in [0.25, 0.3) is 0 Å². The summed E-state index contributed by atoms with van der Waals surface area (Å²) in [5.41, 5.74) is 5.24. The van der Waals surface area contributed by atoms with Crippen molar-refractivity contribution in [2.24, 2.45) is 0 Å². The first-order valence-electron chi connectivity index (χ1n) is 10.8. The van der Waals surface area contributed by atoms with Gasteiger partial charge in [0.25, 0.3) is 0 Å². The fourth-order valence-electron chi connectivity index (χ4n) is 4.67. The Bertz CT molecular complexity index is 879. The Labute approximate surface area is 172 Å². The summed E-state index contributed by atoms with van der Waals surface area (Å²) in [4.78, 5) is 25.5. The van der Waals surface area contributed by atoms with Crippen molar-refractivity contribution in [3.8, 4) is 0 Å². The monoisotopic (exact) mass is 394 g/mol.